The van der Waals surface area contributed by atoms with Crippen LogP contribution in [0.2, 0.25) is 0 Å². The Labute approximate surface area is 150 Å². The number of benzene rings is 2. The van der Waals surface area contributed by atoms with Crippen LogP contribution in [0.1, 0.15) is 29.0 Å². The van der Waals surface area contributed by atoms with Gasteiger partial charge in [0.2, 0.25) is 0 Å². The molecule has 0 amide bonds. The molecule has 3 rings (SSSR count). The van der Waals surface area contributed by atoms with E-state index in [0.717, 1.165) is 31.1 Å². The summed E-state index contributed by atoms with van der Waals surface area (Å²) in [5.41, 5.74) is 3.88. The molecular formula is C21H27N3O. The molecule has 0 aromatic heterocycles. The highest BCUT2D eigenvalue weighted by atomic mass is 16.5. The Morgan fingerprint density at radius 1 is 1.20 bits per heavy atom. The first kappa shape index (κ1) is 17.3. The smallest absolute Gasteiger partial charge is 0.191 e. The zero-order valence-electron chi connectivity index (χ0n) is 15.3. The van der Waals surface area contributed by atoms with Crippen molar-refractivity contribution in [1.82, 2.24) is 10.6 Å². The van der Waals surface area contributed by atoms with E-state index < -0.39 is 0 Å². The number of ether oxygens (including phenoxy) is 1. The van der Waals surface area contributed by atoms with E-state index in [1.165, 1.54) is 16.7 Å². The molecule has 4 nitrogen and oxygen atoms in total. The first-order valence-electron chi connectivity index (χ1n) is 8.87. The summed E-state index contributed by atoms with van der Waals surface area (Å²) in [6.45, 7) is 2.93. The molecule has 1 fully saturated rings. The molecule has 1 saturated carbocycles. The summed E-state index contributed by atoms with van der Waals surface area (Å²) in [5.74, 6) is 2.41. The maximum atomic E-state index is 5.45. The normalized spacial score (nSPS) is 19.4. The molecular weight excluding hydrogens is 310 g/mol. The minimum absolute atomic E-state index is 0.474. The molecule has 4 heteroatoms. The molecule has 0 radical (unpaired) electrons. The van der Waals surface area contributed by atoms with Gasteiger partial charge < -0.3 is 15.4 Å². The van der Waals surface area contributed by atoms with Crippen molar-refractivity contribution in [2.24, 2.45) is 4.99 Å². The molecule has 1 aliphatic carbocycles. The third-order valence-corrected chi connectivity index (χ3v) is 4.69. The van der Waals surface area contributed by atoms with Gasteiger partial charge in [0.05, 0.1) is 7.11 Å². The van der Waals surface area contributed by atoms with Crippen LogP contribution in [-0.4, -0.2) is 32.7 Å². The monoisotopic (exact) mass is 337 g/mol. The molecule has 0 heterocycles. The van der Waals surface area contributed by atoms with Gasteiger partial charge in [0, 0.05) is 25.6 Å². The van der Waals surface area contributed by atoms with Crippen LogP contribution in [0.4, 0.5) is 0 Å². The molecule has 0 spiro atoms. The minimum atomic E-state index is 0.474. The van der Waals surface area contributed by atoms with E-state index in [1.807, 2.05) is 13.1 Å². The molecule has 0 bridgehead atoms. The quantitative estimate of drug-likeness (QED) is 0.628. The first-order chi connectivity index (χ1) is 12.2. The van der Waals surface area contributed by atoms with E-state index in [4.69, 9.17) is 4.74 Å². The fourth-order valence-corrected chi connectivity index (χ4v) is 3.21. The van der Waals surface area contributed by atoms with Gasteiger partial charge in [-0.25, -0.2) is 0 Å². The highest BCUT2D eigenvalue weighted by Gasteiger charge is 2.38. The summed E-state index contributed by atoms with van der Waals surface area (Å²) in [5, 5.41) is 6.94. The first-order valence-corrected chi connectivity index (χ1v) is 8.87. The van der Waals surface area contributed by atoms with Crippen molar-refractivity contribution in [1.29, 1.82) is 0 Å². The van der Waals surface area contributed by atoms with Gasteiger partial charge in [0.15, 0.2) is 5.96 Å². The third-order valence-electron chi connectivity index (χ3n) is 4.69. The lowest BCUT2D eigenvalue weighted by atomic mass is 10.1. The Morgan fingerprint density at radius 3 is 2.72 bits per heavy atom. The van der Waals surface area contributed by atoms with Crippen molar-refractivity contribution in [3.05, 3.63) is 65.2 Å². The fourth-order valence-electron chi connectivity index (χ4n) is 3.21. The van der Waals surface area contributed by atoms with Crippen LogP contribution in [0.25, 0.3) is 0 Å². The molecule has 2 atom stereocenters. The fraction of sp³-hybridized carbons (Fsp3) is 0.381. The predicted octanol–water partition coefficient (Wildman–Crippen LogP) is 3.27. The summed E-state index contributed by atoms with van der Waals surface area (Å²) < 4.78 is 5.45. The van der Waals surface area contributed by atoms with Crippen LogP contribution in [0.5, 0.6) is 5.75 Å². The van der Waals surface area contributed by atoms with E-state index >= 15 is 0 Å². The number of aryl methyl sites for hydroxylation is 1. The zero-order chi connectivity index (χ0) is 17.6. The van der Waals surface area contributed by atoms with Crippen molar-refractivity contribution in [2.45, 2.75) is 31.7 Å². The van der Waals surface area contributed by atoms with Crippen LogP contribution in [0, 0.1) is 6.92 Å². The molecule has 0 aliphatic heterocycles. The average Bonchev–Trinajstić information content (AvgIpc) is 3.41. The van der Waals surface area contributed by atoms with Crippen LogP contribution >= 0.6 is 0 Å². The van der Waals surface area contributed by atoms with E-state index in [1.54, 1.807) is 7.11 Å². The maximum absolute atomic E-state index is 5.45. The molecule has 2 N–H and O–H groups in total. The lowest BCUT2D eigenvalue weighted by Crippen LogP contribution is -2.39. The number of guanidine groups is 1. The minimum Gasteiger partial charge on any atom is -0.496 e. The Morgan fingerprint density at radius 2 is 2.00 bits per heavy atom. The topological polar surface area (TPSA) is 45.7 Å². The number of aliphatic imine (C=N–C) groups is 1. The predicted molar refractivity (Wildman–Crippen MR) is 104 cm³/mol. The second kappa shape index (κ2) is 8.06. The standard InChI is InChI=1S/C21H27N3O/c1-15-9-10-20(25-3)17(13-15)11-12-23-21(22-2)24-19-14-18(19)16-7-5-4-6-8-16/h4-10,13,18-19H,11-12,14H2,1-3H3,(H2,22,23,24). The number of nitrogens with zero attached hydrogens (tertiary/aromatic N) is 1. The van der Waals surface area contributed by atoms with E-state index in [9.17, 15) is 0 Å². The summed E-state index contributed by atoms with van der Waals surface area (Å²) in [6.07, 6.45) is 2.06. The zero-order valence-corrected chi connectivity index (χ0v) is 15.3. The van der Waals surface area contributed by atoms with Gasteiger partial charge in [0.25, 0.3) is 0 Å². The van der Waals surface area contributed by atoms with E-state index in [2.05, 4.69) is 65.0 Å². The van der Waals surface area contributed by atoms with E-state index in [-0.39, 0.29) is 0 Å². The Hall–Kier alpha value is -2.49. The molecule has 2 aromatic carbocycles. The van der Waals surface area contributed by atoms with Gasteiger partial charge in [-0.2, -0.15) is 0 Å². The van der Waals surface area contributed by atoms with Crippen molar-refractivity contribution >= 4 is 5.96 Å². The van der Waals surface area contributed by atoms with Crippen molar-refractivity contribution in [3.8, 4) is 5.75 Å². The largest absolute Gasteiger partial charge is 0.496 e. The SMILES string of the molecule is CN=C(NCCc1cc(C)ccc1OC)NC1CC1c1ccccc1. The summed E-state index contributed by atoms with van der Waals surface area (Å²) in [7, 11) is 3.54. The lowest BCUT2D eigenvalue weighted by molar-refractivity contribution is 0.409. The molecule has 2 unspecified atom stereocenters. The van der Waals surface area contributed by atoms with Gasteiger partial charge in [0.1, 0.15) is 5.75 Å². The highest BCUT2D eigenvalue weighted by Crippen LogP contribution is 2.40. The number of methoxy groups -OCH3 is 1. The molecule has 25 heavy (non-hydrogen) atoms. The lowest BCUT2D eigenvalue weighted by Gasteiger charge is -2.13. The van der Waals surface area contributed by atoms with Crippen LogP contribution in [0.3, 0.4) is 0 Å². The third kappa shape index (κ3) is 4.53. The Bertz CT molecular complexity index is 727. The van der Waals surface area contributed by atoms with Crippen LogP contribution < -0.4 is 15.4 Å². The average molecular weight is 337 g/mol. The molecule has 0 saturated heterocycles. The maximum Gasteiger partial charge on any atom is 0.191 e. The highest BCUT2D eigenvalue weighted by molar-refractivity contribution is 5.80. The van der Waals surface area contributed by atoms with Gasteiger partial charge in [-0.1, -0.05) is 48.0 Å². The molecule has 1 aliphatic rings. The van der Waals surface area contributed by atoms with Gasteiger partial charge in [-0.05, 0) is 37.0 Å². The summed E-state index contributed by atoms with van der Waals surface area (Å²) >= 11 is 0. The molecule has 2 aromatic rings. The van der Waals surface area contributed by atoms with E-state index in [0.29, 0.717) is 12.0 Å². The van der Waals surface area contributed by atoms with Crippen LogP contribution in [-0.2, 0) is 6.42 Å². The van der Waals surface area contributed by atoms with Gasteiger partial charge >= 0.3 is 0 Å². The van der Waals surface area contributed by atoms with Gasteiger partial charge in [-0.15, -0.1) is 0 Å². The summed E-state index contributed by atoms with van der Waals surface area (Å²) in [6, 6.07) is 17.4. The van der Waals surface area contributed by atoms with Crippen LogP contribution in [0.15, 0.2) is 53.5 Å². The number of nitrogens with one attached hydrogen (secondary N) is 2. The van der Waals surface area contributed by atoms with Gasteiger partial charge in [-0.3, -0.25) is 4.99 Å². The number of rotatable bonds is 6. The van der Waals surface area contributed by atoms with Crippen molar-refractivity contribution < 1.29 is 4.74 Å². The van der Waals surface area contributed by atoms with Crippen molar-refractivity contribution in [2.75, 3.05) is 20.7 Å². The number of hydrogen-bond donors (Lipinski definition) is 2. The summed E-state index contributed by atoms with van der Waals surface area (Å²) in [4.78, 5) is 4.35. The Kier molecular flexibility index (Phi) is 5.59. The Balaban J connectivity index is 1.49. The second-order valence-electron chi connectivity index (χ2n) is 6.57. The molecule has 132 valence electrons. The second-order valence-corrected chi connectivity index (χ2v) is 6.57. The number of hydrogen-bond acceptors (Lipinski definition) is 2. The van der Waals surface area contributed by atoms with Crippen molar-refractivity contribution in [3.63, 3.8) is 0 Å².